The number of aliphatic hydroxyl groups is 8. The van der Waals surface area contributed by atoms with Crippen molar-refractivity contribution in [3.63, 3.8) is 0 Å². The van der Waals surface area contributed by atoms with E-state index in [1.54, 1.807) is 13.0 Å². The second-order valence-electron chi connectivity index (χ2n) is 22.8. The molecule has 9 rings (SSSR count). The van der Waals surface area contributed by atoms with Gasteiger partial charge in [0.25, 0.3) is 0 Å². The molecule has 0 unspecified atom stereocenters. The van der Waals surface area contributed by atoms with Gasteiger partial charge in [-0.1, -0.05) is 20.8 Å². The molecular formula is C50H78O19. The molecule has 8 fully saturated rings. The molecule has 4 heterocycles. The van der Waals surface area contributed by atoms with Crippen LogP contribution in [0.2, 0.25) is 0 Å². The van der Waals surface area contributed by atoms with Gasteiger partial charge in [-0.05, 0) is 112 Å². The van der Waals surface area contributed by atoms with Crippen molar-refractivity contribution in [1.29, 1.82) is 0 Å². The van der Waals surface area contributed by atoms with Gasteiger partial charge in [-0.2, -0.15) is 0 Å². The largest absolute Gasteiger partial charge is 0.459 e. The molecule has 0 bridgehead atoms. The zero-order chi connectivity index (χ0) is 49.5. The van der Waals surface area contributed by atoms with E-state index in [2.05, 4.69) is 6.92 Å². The minimum Gasteiger partial charge on any atom is -0.459 e. The van der Waals surface area contributed by atoms with Crippen LogP contribution in [0.3, 0.4) is 0 Å². The van der Waals surface area contributed by atoms with Crippen molar-refractivity contribution in [2.45, 2.75) is 235 Å². The van der Waals surface area contributed by atoms with Crippen LogP contribution in [-0.4, -0.2) is 182 Å². The fraction of sp³-hybridized carbons (Fsp3) is 0.920. The monoisotopic (exact) mass is 983 g/mol. The second-order valence-corrected chi connectivity index (χ2v) is 22.8. The number of esters is 2. The van der Waals surface area contributed by atoms with Crippen molar-refractivity contribution in [1.82, 2.24) is 0 Å². The molecule has 0 spiro atoms. The van der Waals surface area contributed by atoms with E-state index in [0.29, 0.717) is 25.2 Å². The SMILES string of the molecule is CC(=O)O[C@H]1C[C@H](O[C@@H]2[C@@H](C)C[C@@H](O[C@H]3[C@@H](O)C[C@H](O[C@H]4CC[C@@]5(C)[C@H](CC[C@@H]6[C@@H]5C[C@@H](O)[C@]5(C)[C@@H](C7=CC(=O)OC7)CC[C@]65O)C4)O[C@@H]3C)C[C@@H]2O)O[C@H](C)[C@H]1O[C@@H]1O[C@H](CO)[C@@H](O)[C@H](O)[C@H]1O. The number of cyclic esters (lactones) is 1. The molecule has 19 nitrogen and oxygen atoms in total. The van der Waals surface area contributed by atoms with Gasteiger partial charge in [0.1, 0.15) is 49.3 Å². The van der Waals surface area contributed by atoms with Gasteiger partial charge in [-0.3, -0.25) is 4.79 Å². The first kappa shape index (κ1) is 52.0. The summed E-state index contributed by atoms with van der Waals surface area (Å²) in [6.45, 7) is 10.7. The maximum Gasteiger partial charge on any atom is 0.331 e. The predicted octanol–water partition coefficient (Wildman–Crippen LogP) is 1.28. The zero-order valence-electron chi connectivity index (χ0n) is 40.8. The van der Waals surface area contributed by atoms with Crippen LogP contribution in [0.4, 0.5) is 0 Å². The lowest BCUT2D eigenvalue weighted by Crippen LogP contribution is -2.67. The van der Waals surface area contributed by atoms with Crippen LogP contribution in [0.15, 0.2) is 11.6 Å². The maximum absolute atomic E-state index is 12.6. The smallest absolute Gasteiger partial charge is 0.331 e. The van der Waals surface area contributed by atoms with Gasteiger partial charge in [0.05, 0.1) is 61.0 Å². The third kappa shape index (κ3) is 9.49. The second kappa shape index (κ2) is 20.1. The van der Waals surface area contributed by atoms with Crippen molar-refractivity contribution < 1.29 is 93.1 Å². The van der Waals surface area contributed by atoms with Gasteiger partial charge in [0, 0.05) is 37.7 Å². The van der Waals surface area contributed by atoms with Crippen molar-refractivity contribution >= 4 is 11.9 Å². The lowest BCUT2D eigenvalue weighted by molar-refractivity contribution is -0.346. The van der Waals surface area contributed by atoms with E-state index < -0.39 is 128 Å². The number of rotatable bonds is 11. The van der Waals surface area contributed by atoms with E-state index in [4.69, 9.17) is 42.6 Å². The van der Waals surface area contributed by atoms with E-state index in [0.717, 1.165) is 44.1 Å². The highest BCUT2D eigenvalue weighted by Crippen LogP contribution is 2.70. The molecule has 8 N–H and O–H groups in total. The average molecular weight is 983 g/mol. The van der Waals surface area contributed by atoms with Crippen LogP contribution >= 0.6 is 0 Å². The molecule has 9 aliphatic rings. The molecule has 4 aliphatic heterocycles. The van der Waals surface area contributed by atoms with Crippen molar-refractivity contribution in [2.75, 3.05) is 13.2 Å². The summed E-state index contributed by atoms with van der Waals surface area (Å²) in [6.07, 6.45) is -7.95. The van der Waals surface area contributed by atoms with E-state index in [1.807, 2.05) is 20.8 Å². The Hall–Kier alpha value is -1.92. The Kier molecular flexibility index (Phi) is 15.1. The molecule has 19 heteroatoms. The Labute approximate surface area is 404 Å². The summed E-state index contributed by atoms with van der Waals surface area (Å²) in [5.41, 5.74) is -0.978. The normalized spacial score (nSPS) is 53.3. The number of hydrogen-bond acceptors (Lipinski definition) is 19. The number of carbonyl (C=O) groups is 2. The average Bonchev–Trinajstić information content (AvgIpc) is 3.84. The summed E-state index contributed by atoms with van der Waals surface area (Å²) in [5, 5.41) is 88.3. The molecule has 0 aromatic carbocycles. The van der Waals surface area contributed by atoms with Crippen LogP contribution in [-0.2, 0) is 52.2 Å². The van der Waals surface area contributed by atoms with Crippen molar-refractivity contribution in [2.24, 2.45) is 40.4 Å². The van der Waals surface area contributed by atoms with E-state index in [-0.39, 0.29) is 67.0 Å². The molecule has 0 aromatic heterocycles. The molecule has 0 aromatic rings. The van der Waals surface area contributed by atoms with Gasteiger partial charge in [-0.15, -0.1) is 0 Å². The number of fused-ring (bicyclic) bond motifs is 5. The van der Waals surface area contributed by atoms with E-state index >= 15 is 0 Å². The Morgan fingerprint density at radius 3 is 2.10 bits per heavy atom. The number of hydrogen-bond donors (Lipinski definition) is 8. The molecule has 26 atom stereocenters. The van der Waals surface area contributed by atoms with Crippen LogP contribution in [0.25, 0.3) is 0 Å². The van der Waals surface area contributed by atoms with Crippen molar-refractivity contribution in [3.05, 3.63) is 11.6 Å². The van der Waals surface area contributed by atoms with Crippen LogP contribution < -0.4 is 0 Å². The van der Waals surface area contributed by atoms with Gasteiger partial charge < -0.3 is 83.5 Å². The highest BCUT2D eigenvalue weighted by Gasteiger charge is 2.71. The predicted molar refractivity (Wildman–Crippen MR) is 238 cm³/mol. The highest BCUT2D eigenvalue weighted by molar-refractivity contribution is 5.85. The lowest BCUT2D eigenvalue weighted by atomic mass is 9.42. The van der Waals surface area contributed by atoms with E-state index in [9.17, 15) is 50.4 Å². The van der Waals surface area contributed by atoms with Gasteiger partial charge >= 0.3 is 11.9 Å². The molecule has 0 radical (unpaired) electrons. The quantitative estimate of drug-likeness (QED) is 0.107. The number of carbonyl (C=O) groups excluding carboxylic acids is 2. The van der Waals surface area contributed by atoms with Crippen LogP contribution in [0, 0.1) is 40.4 Å². The Bertz CT molecular complexity index is 1840. The van der Waals surface area contributed by atoms with Crippen molar-refractivity contribution in [3.8, 4) is 0 Å². The number of ether oxygens (including phenoxy) is 9. The molecule has 5 aliphatic carbocycles. The maximum atomic E-state index is 12.6. The molecule has 392 valence electrons. The summed E-state index contributed by atoms with van der Waals surface area (Å²) in [7, 11) is 0. The fourth-order valence-electron chi connectivity index (χ4n) is 15.1. The summed E-state index contributed by atoms with van der Waals surface area (Å²) >= 11 is 0. The van der Waals surface area contributed by atoms with Crippen LogP contribution in [0.5, 0.6) is 0 Å². The minimum absolute atomic E-state index is 0.00547. The summed E-state index contributed by atoms with van der Waals surface area (Å²) in [5.74, 6) is -0.723. The molecule has 5 saturated carbocycles. The van der Waals surface area contributed by atoms with Gasteiger partial charge in [-0.25, -0.2) is 4.79 Å². The third-order valence-corrected chi connectivity index (χ3v) is 18.8. The molecule has 3 saturated heterocycles. The summed E-state index contributed by atoms with van der Waals surface area (Å²) < 4.78 is 54.4. The Morgan fingerprint density at radius 2 is 1.43 bits per heavy atom. The molecular weight excluding hydrogens is 905 g/mol. The zero-order valence-corrected chi connectivity index (χ0v) is 40.8. The Balaban J connectivity index is 0.752. The fourth-order valence-corrected chi connectivity index (χ4v) is 15.1. The van der Waals surface area contributed by atoms with Crippen LogP contribution in [0.1, 0.15) is 119 Å². The summed E-state index contributed by atoms with van der Waals surface area (Å²) in [4.78, 5) is 24.2. The van der Waals surface area contributed by atoms with Gasteiger partial charge in [0.15, 0.2) is 18.9 Å². The Morgan fingerprint density at radius 1 is 0.725 bits per heavy atom. The standard InChI is InChI=1S/C50H78O19/c1-22-13-29(16-33(53)44(22)68-40-19-35(64-25(4)52)46(24(3)63-40)69-47-43(59)42(58)41(57)36(20-51)67-47)66-45-23(2)62-39(18-34(45)54)65-28-9-11-48(5)27(15-28)7-8-31-32(48)17-37(55)49(6)30(10-12-50(31,49)60)26-14-38(56)61-21-26/h14,22-24,27-37,39-47,51,53-55,57-60H,7-13,15-21H2,1-6H3/t22-,23+,24+,27+,28-,29+,30+,31+,32-,33-,34-,35-,36+,37+,39-,40-,41+,42-,43+,44+,45+,46+,47-,48-,49-,50-/m0/s1. The first-order valence-electron chi connectivity index (χ1n) is 25.7. The summed E-state index contributed by atoms with van der Waals surface area (Å²) in [6, 6.07) is 0. The first-order chi connectivity index (χ1) is 32.6. The minimum atomic E-state index is -1.67. The first-order valence-corrected chi connectivity index (χ1v) is 25.7. The topological polar surface area (TPSA) is 279 Å². The molecule has 69 heavy (non-hydrogen) atoms. The lowest BCUT2D eigenvalue weighted by Gasteiger charge is -2.65. The van der Waals surface area contributed by atoms with Gasteiger partial charge in [0.2, 0.25) is 0 Å². The number of aliphatic hydroxyl groups excluding tert-OH is 7. The highest BCUT2D eigenvalue weighted by atomic mass is 16.7. The van der Waals surface area contributed by atoms with E-state index in [1.165, 1.54) is 6.92 Å². The third-order valence-electron chi connectivity index (χ3n) is 18.8. The molecule has 0 amide bonds.